The van der Waals surface area contributed by atoms with Crippen molar-refractivity contribution in [2.45, 2.75) is 0 Å². The van der Waals surface area contributed by atoms with Crippen molar-refractivity contribution in [3.8, 4) is 6.07 Å². The molecular weight excluding hydrogens is 234 g/mol. The second-order valence-electron chi connectivity index (χ2n) is 3.50. The number of hydrogen-bond donors (Lipinski definition) is 2. The van der Waals surface area contributed by atoms with Gasteiger partial charge in [-0.15, -0.1) is 5.11 Å². The maximum Gasteiger partial charge on any atom is 0.192 e. The number of anilines is 2. The first-order chi connectivity index (χ1) is 8.63. The molecule has 2 heterocycles. The Morgan fingerprint density at radius 3 is 2.67 bits per heavy atom. The maximum atomic E-state index is 8.84. The quantitative estimate of drug-likeness (QED) is 0.609. The SMILES string of the molecule is Cn1ncc(NN=Nc2c(C#N)cnn2C)c1N. The zero-order valence-corrected chi connectivity index (χ0v) is 9.86. The summed E-state index contributed by atoms with van der Waals surface area (Å²) in [4.78, 5) is 0. The number of nitrogens with two attached hydrogens (primary N) is 1. The molecule has 0 aliphatic heterocycles. The highest BCUT2D eigenvalue weighted by molar-refractivity contribution is 5.60. The van der Waals surface area contributed by atoms with Crippen molar-refractivity contribution < 1.29 is 0 Å². The van der Waals surface area contributed by atoms with Crippen molar-refractivity contribution in [1.29, 1.82) is 5.26 Å². The first-order valence-corrected chi connectivity index (χ1v) is 4.99. The molecular formula is C9H11N9. The van der Waals surface area contributed by atoms with Crippen molar-refractivity contribution in [3.05, 3.63) is 18.0 Å². The van der Waals surface area contributed by atoms with Crippen LogP contribution in [-0.4, -0.2) is 19.6 Å². The number of aromatic nitrogens is 4. The van der Waals surface area contributed by atoms with E-state index in [2.05, 4.69) is 26.0 Å². The van der Waals surface area contributed by atoms with Crippen molar-refractivity contribution in [2.24, 2.45) is 24.4 Å². The maximum absolute atomic E-state index is 8.84. The van der Waals surface area contributed by atoms with Crippen molar-refractivity contribution >= 4 is 17.3 Å². The van der Waals surface area contributed by atoms with E-state index in [4.69, 9.17) is 11.0 Å². The van der Waals surface area contributed by atoms with Gasteiger partial charge in [-0.2, -0.15) is 15.5 Å². The van der Waals surface area contributed by atoms with Gasteiger partial charge in [0.15, 0.2) is 5.82 Å². The van der Waals surface area contributed by atoms with Crippen LogP contribution in [0, 0.1) is 11.3 Å². The summed E-state index contributed by atoms with van der Waals surface area (Å²) in [6, 6.07) is 1.97. The third-order valence-electron chi connectivity index (χ3n) is 2.33. The predicted octanol–water partition coefficient (Wildman–Crippen LogP) is 0.718. The molecule has 2 rings (SSSR count). The van der Waals surface area contributed by atoms with Crippen LogP contribution in [0.4, 0.5) is 17.3 Å². The summed E-state index contributed by atoms with van der Waals surface area (Å²) in [7, 11) is 3.39. The fraction of sp³-hybridized carbons (Fsp3) is 0.222. The molecule has 2 aromatic rings. The van der Waals surface area contributed by atoms with E-state index >= 15 is 0 Å². The van der Waals surface area contributed by atoms with Crippen LogP contribution < -0.4 is 11.2 Å². The Hall–Kier alpha value is -2.89. The Kier molecular flexibility index (Phi) is 2.92. The van der Waals surface area contributed by atoms with Gasteiger partial charge in [0, 0.05) is 14.1 Å². The molecule has 0 atom stereocenters. The lowest BCUT2D eigenvalue weighted by Crippen LogP contribution is -1.99. The largest absolute Gasteiger partial charge is 0.382 e. The summed E-state index contributed by atoms with van der Waals surface area (Å²) in [5.41, 5.74) is 9.26. The van der Waals surface area contributed by atoms with Gasteiger partial charge in [0.2, 0.25) is 0 Å². The molecule has 18 heavy (non-hydrogen) atoms. The summed E-state index contributed by atoms with van der Waals surface area (Å²) in [6.45, 7) is 0. The molecule has 0 amide bonds. The van der Waals surface area contributed by atoms with Crippen LogP contribution in [0.1, 0.15) is 5.56 Å². The molecule has 0 fully saturated rings. The smallest absolute Gasteiger partial charge is 0.192 e. The minimum absolute atomic E-state index is 0.349. The van der Waals surface area contributed by atoms with Crippen LogP contribution in [0.2, 0.25) is 0 Å². The van der Waals surface area contributed by atoms with E-state index < -0.39 is 0 Å². The standard InChI is InChI=1S/C9H11N9/c1-17-8(11)7(5-13-17)14-16-15-9-6(3-10)4-12-18(9)2/h4-5H,11H2,1-2H3,(H,14,15). The molecule has 92 valence electrons. The first-order valence-electron chi connectivity index (χ1n) is 4.99. The monoisotopic (exact) mass is 245 g/mol. The number of aryl methyl sites for hydroxylation is 2. The fourth-order valence-electron chi connectivity index (χ4n) is 1.29. The highest BCUT2D eigenvalue weighted by Crippen LogP contribution is 2.19. The van der Waals surface area contributed by atoms with E-state index in [0.717, 1.165) is 0 Å². The van der Waals surface area contributed by atoms with Crippen LogP contribution in [0.15, 0.2) is 22.7 Å². The zero-order chi connectivity index (χ0) is 13.1. The van der Waals surface area contributed by atoms with Gasteiger partial charge in [-0.3, -0.25) is 10.1 Å². The van der Waals surface area contributed by atoms with Gasteiger partial charge in [-0.05, 0) is 0 Å². The Bertz CT molecular complexity index is 627. The third-order valence-corrected chi connectivity index (χ3v) is 2.33. The van der Waals surface area contributed by atoms with E-state index in [1.54, 1.807) is 14.1 Å². The highest BCUT2D eigenvalue weighted by atomic mass is 15.5. The average Bonchev–Trinajstić information content (AvgIpc) is 2.87. The number of nitrogens with one attached hydrogen (secondary N) is 1. The summed E-state index contributed by atoms with van der Waals surface area (Å²) in [6.07, 6.45) is 2.95. The topological polar surface area (TPSA) is 122 Å². The van der Waals surface area contributed by atoms with E-state index in [0.29, 0.717) is 22.9 Å². The molecule has 0 aromatic carbocycles. The minimum atomic E-state index is 0.349. The number of rotatable bonds is 3. The van der Waals surface area contributed by atoms with Crippen molar-refractivity contribution in [1.82, 2.24) is 19.6 Å². The average molecular weight is 245 g/mol. The second kappa shape index (κ2) is 4.54. The summed E-state index contributed by atoms with van der Waals surface area (Å²) < 4.78 is 2.96. The molecule has 0 aliphatic carbocycles. The van der Waals surface area contributed by atoms with E-state index in [-0.39, 0.29) is 0 Å². The summed E-state index contributed by atoms with van der Waals surface area (Å²) in [5, 5.41) is 24.3. The van der Waals surface area contributed by atoms with E-state index in [9.17, 15) is 0 Å². The number of nitrogens with zero attached hydrogens (tertiary/aromatic N) is 7. The van der Waals surface area contributed by atoms with Gasteiger partial charge in [-0.25, -0.2) is 4.68 Å². The molecule has 0 bridgehead atoms. The van der Waals surface area contributed by atoms with Gasteiger partial charge in [0.1, 0.15) is 23.1 Å². The molecule has 0 unspecified atom stereocenters. The minimum Gasteiger partial charge on any atom is -0.382 e. The molecule has 0 aliphatic rings. The van der Waals surface area contributed by atoms with Crippen LogP contribution in [0.5, 0.6) is 0 Å². The molecule has 9 nitrogen and oxygen atoms in total. The lowest BCUT2D eigenvalue weighted by Gasteiger charge is -1.98. The predicted molar refractivity (Wildman–Crippen MR) is 63.7 cm³/mol. The van der Waals surface area contributed by atoms with Gasteiger partial charge in [-0.1, -0.05) is 5.22 Å². The first kappa shape index (κ1) is 11.6. The summed E-state index contributed by atoms with van der Waals surface area (Å²) in [5.74, 6) is 0.812. The van der Waals surface area contributed by atoms with Gasteiger partial charge in [0.05, 0.1) is 12.4 Å². The summed E-state index contributed by atoms with van der Waals surface area (Å²) >= 11 is 0. The normalized spacial score (nSPS) is 10.7. The molecule has 3 N–H and O–H groups in total. The van der Waals surface area contributed by atoms with Crippen molar-refractivity contribution in [2.75, 3.05) is 11.2 Å². The van der Waals surface area contributed by atoms with Gasteiger partial charge >= 0.3 is 0 Å². The number of nitrogen functional groups attached to an aromatic ring is 1. The third kappa shape index (κ3) is 1.99. The Morgan fingerprint density at radius 1 is 1.33 bits per heavy atom. The molecule has 9 heteroatoms. The molecule has 0 saturated heterocycles. The number of nitriles is 1. The Balaban J connectivity index is 2.15. The van der Waals surface area contributed by atoms with Crippen molar-refractivity contribution in [3.63, 3.8) is 0 Å². The van der Waals surface area contributed by atoms with Gasteiger partial charge in [0.25, 0.3) is 0 Å². The Morgan fingerprint density at radius 2 is 2.06 bits per heavy atom. The van der Waals surface area contributed by atoms with Crippen LogP contribution in [0.25, 0.3) is 0 Å². The highest BCUT2D eigenvalue weighted by Gasteiger charge is 2.07. The molecule has 2 aromatic heterocycles. The fourth-order valence-corrected chi connectivity index (χ4v) is 1.29. The van der Waals surface area contributed by atoms with E-state index in [1.165, 1.54) is 21.8 Å². The molecule has 0 spiro atoms. The van der Waals surface area contributed by atoms with E-state index in [1.807, 2.05) is 6.07 Å². The zero-order valence-electron chi connectivity index (χ0n) is 9.86. The second-order valence-corrected chi connectivity index (χ2v) is 3.50. The lowest BCUT2D eigenvalue weighted by molar-refractivity contribution is 0.762. The van der Waals surface area contributed by atoms with Crippen LogP contribution >= 0.6 is 0 Å². The number of hydrogen-bond acceptors (Lipinski definition) is 6. The van der Waals surface area contributed by atoms with Gasteiger partial charge < -0.3 is 5.73 Å². The van der Waals surface area contributed by atoms with Crippen LogP contribution in [-0.2, 0) is 14.1 Å². The van der Waals surface area contributed by atoms with Crippen LogP contribution in [0.3, 0.4) is 0 Å². The lowest BCUT2D eigenvalue weighted by atomic mass is 10.4. The molecule has 0 saturated carbocycles. The Labute approximate surface area is 102 Å². The molecule has 0 radical (unpaired) electrons.